The fraction of sp³-hybridized carbons (Fsp3) is 0.273. The molecule has 0 aliphatic carbocycles. The Balaban J connectivity index is 1.86. The Hall–Kier alpha value is -2.57. The molecule has 1 aromatic carbocycles. The zero-order chi connectivity index (χ0) is 20.5. The first-order valence-corrected chi connectivity index (χ1v) is 10.6. The zero-order valence-corrected chi connectivity index (χ0v) is 18.0. The average Bonchev–Trinajstić information content (AvgIpc) is 3.34. The lowest BCUT2D eigenvalue weighted by Crippen LogP contribution is -2.37. The minimum absolute atomic E-state index is 0.0114. The standard InChI is InChI=1S/C22H22ClN3O2S/c1-4-21(27)25-11-17(16-10-20(23)29-19(16)13-25)14-8-6-7-9-15(14)18-12-26(5-2)24-22(18)28-3/h4,6-10,12,17H,1,5,11,13H2,2-3H3. The van der Waals surface area contributed by atoms with Crippen LogP contribution >= 0.6 is 22.9 Å². The van der Waals surface area contributed by atoms with E-state index in [0.717, 1.165) is 32.4 Å². The molecule has 4 rings (SSSR count). The average molecular weight is 428 g/mol. The predicted molar refractivity (Wildman–Crippen MR) is 117 cm³/mol. The lowest BCUT2D eigenvalue weighted by atomic mass is 9.84. The molecule has 0 fully saturated rings. The molecule has 150 valence electrons. The molecule has 29 heavy (non-hydrogen) atoms. The Labute approximate surface area is 179 Å². The van der Waals surface area contributed by atoms with Crippen LogP contribution in [-0.4, -0.2) is 34.2 Å². The third kappa shape index (κ3) is 3.58. The van der Waals surface area contributed by atoms with E-state index in [9.17, 15) is 4.79 Å². The van der Waals surface area contributed by atoms with Crippen molar-refractivity contribution in [3.8, 4) is 17.0 Å². The summed E-state index contributed by atoms with van der Waals surface area (Å²) in [6.45, 7) is 7.59. The van der Waals surface area contributed by atoms with E-state index in [0.29, 0.717) is 19.0 Å². The van der Waals surface area contributed by atoms with Crippen LogP contribution in [0.3, 0.4) is 0 Å². The molecule has 1 aliphatic heterocycles. The zero-order valence-electron chi connectivity index (χ0n) is 16.4. The van der Waals surface area contributed by atoms with Gasteiger partial charge in [0, 0.05) is 30.1 Å². The molecule has 0 N–H and O–H groups in total. The number of hydrogen-bond acceptors (Lipinski definition) is 4. The van der Waals surface area contributed by atoms with Crippen LogP contribution in [0.2, 0.25) is 4.34 Å². The maximum Gasteiger partial charge on any atom is 0.246 e. The third-order valence-corrected chi connectivity index (χ3v) is 6.55. The summed E-state index contributed by atoms with van der Waals surface area (Å²) in [5.74, 6) is 0.536. The lowest BCUT2D eigenvalue weighted by Gasteiger charge is -2.33. The molecule has 0 saturated carbocycles. The first-order valence-electron chi connectivity index (χ1n) is 9.45. The second-order valence-electron chi connectivity index (χ2n) is 6.90. The maximum absolute atomic E-state index is 12.4. The number of nitrogens with zero attached hydrogens (tertiary/aromatic N) is 3. The summed E-state index contributed by atoms with van der Waals surface area (Å²) in [6, 6.07) is 10.3. The fourth-order valence-electron chi connectivity index (χ4n) is 3.89. The van der Waals surface area contributed by atoms with Crippen molar-refractivity contribution >= 4 is 28.8 Å². The molecule has 1 amide bonds. The van der Waals surface area contributed by atoms with Crippen molar-refractivity contribution in [2.75, 3.05) is 13.7 Å². The number of methoxy groups -OCH3 is 1. The minimum atomic E-state index is -0.0703. The molecule has 7 heteroatoms. The van der Waals surface area contributed by atoms with Gasteiger partial charge in [0.1, 0.15) is 0 Å². The van der Waals surface area contributed by atoms with E-state index in [4.69, 9.17) is 16.3 Å². The van der Waals surface area contributed by atoms with E-state index >= 15 is 0 Å². The first-order chi connectivity index (χ1) is 14.0. The number of benzene rings is 1. The van der Waals surface area contributed by atoms with Gasteiger partial charge in [-0.3, -0.25) is 9.48 Å². The summed E-state index contributed by atoms with van der Waals surface area (Å²) in [6.07, 6.45) is 3.38. The molecule has 0 radical (unpaired) electrons. The molecule has 1 atom stereocenters. The maximum atomic E-state index is 12.4. The van der Waals surface area contributed by atoms with E-state index in [1.54, 1.807) is 7.11 Å². The molecule has 2 aromatic heterocycles. The Bertz CT molecular complexity index is 1070. The van der Waals surface area contributed by atoms with Crippen molar-refractivity contribution in [2.45, 2.75) is 25.9 Å². The molecule has 0 spiro atoms. The summed E-state index contributed by atoms with van der Waals surface area (Å²) in [5, 5.41) is 4.51. The molecule has 0 saturated heterocycles. The number of ether oxygens (including phenoxy) is 1. The van der Waals surface area contributed by atoms with Gasteiger partial charge in [-0.15, -0.1) is 16.4 Å². The van der Waals surface area contributed by atoms with Crippen LogP contribution in [0.15, 0.2) is 49.2 Å². The number of carbonyl (C=O) groups excluding carboxylic acids is 1. The van der Waals surface area contributed by atoms with Gasteiger partial charge in [-0.25, -0.2) is 0 Å². The molecule has 0 bridgehead atoms. The van der Waals surface area contributed by atoms with Crippen molar-refractivity contribution in [1.29, 1.82) is 0 Å². The Morgan fingerprint density at radius 2 is 2.17 bits per heavy atom. The van der Waals surface area contributed by atoms with E-state index in [1.165, 1.54) is 23.0 Å². The molecular formula is C22H22ClN3O2S. The number of aryl methyl sites for hydroxylation is 1. The highest BCUT2D eigenvalue weighted by Gasteiger charge is 2.32. The van der Waals surface area contributed by atoms with Crippen molar-refractivity contribution in [2.24, 2.45) is 0 Å². The molecular weight excluding hydrogens is 406 g/mol. The molecule has 1 unspecified atom stereocenters. The third-order valence-electron chi connectivity index (χ3n) is 5.28. The van der Waals surface area contributed by atoms with E-state index in [2.05, 4.69) is 23.8 Å². The van der Waals surface area contributed by atoms with Gasteiger partial charge in [-0.2, -0.15) is 0 Å². The summed E-state index contributed by atoms with van der Waals surface area (Å²) in [7, 11) is 1.64. The number of amides is 1. The van der Waals surface area contributed by atoms with E-state index in [-0.39, 0.29) is 11.8 Å². The molecule has 3 aromatic rings. The summed E-state index contributed by atoms with van der Waals surface area (Å²) < 4.78 is 8.15. The van der Waals surface area contributed by atoms with Gasteiger partial charge in [0.05, 0.1) is 23.6 Å². The van der Waals surface area contributed by atoms with Crippen molar-refractivity contribution in [3.05, 3.63) is 69.5 Å². The van der Waals surface area contributed by atoms with Gasteiger partial charge in [0.25, 0.3) is 0 Å². The number of carbonyl (C=O) groups is 1. The highest BCUT2D eigenvalue weighted by atomic mass is 35.5. The highest BCUT2D eigenvalue weighted by Crippen LogP contribution is 2.44. The van der Waals surface area contributed by atoms with Crippen molar-refractivity contribution in [1.82, 2.24) is 14.7 Å². The topological polar surface area (TPSA) is 47.4 Å². The Morgan fingerprint density at radius 1 is 1.38 bits per heavy atom. The van der Waals surface area contributed by atoms with Crippen LogP contribution in [0.1, 0.15) is 28.8 Å². The monoisotopic (exact) mass is 427 g/mol. The minimum Gasteiger partial charge on any atom is -0.479 e. The van der Waals surface area contributed by atoms with Crippen LogP contribution in [0, 0.1) is 0 Å². The quantitative estimate of drug-likeness (QED) is 0.541. The van der Waals surface area contributed by atoms with Gasteiger partial charge >= 0.3 is 0 Å². The van der Waals surface area contributed by atoms with Crippen molar-refractivity contribution < 1.29 is 9.53 Å². The van der Waals surface area contributed by atoms with Crippen LogP contribution in [0.4, 0.5) is 0 Å². The lowest BCUT2D eigenvalue weighted by molar-refractivity contribution is -0.127. The SMILES string of the molecule is C=CC(=O)N1Cc2sc(Cl)cc2C(c2ccccc2-c2cn(CC)nc2OC)C1. The van der Waals surface area contributed by atoms with E-state index in [1.807, 2.05) is 40.9 Å². The van der Waals surface area contributed by atoms with Gasteiger partial charge < -0.3 is 9.64 Å². The molecule has 5 nitrogen and oxygen atoms in total. The number of aromatic nitrogens is 2. The van der Waals surface area contributed by atoms with Crippen LogP contribution in [0.5, 0.6) is 5.88 Å². The smallest absolute Gasteiger partial charge is 0.246 e. The van der Waals surface area contributed by atoms with Gasteiger partial charge in [-0.05, 0) is 35.8 Å². The Kier molecular flexibility index (Phi) is 5.48. The summed E-state index contributed by atoms with van der Waals surface area (Å²) >= 11 is 7.89. The normalized spacial score (nSPS) is 15.8. The van der Waals surface area contributed by atoms with Gasteiger partial charge in [0.2, 0.25) is 11.8 Å². The summed E-state index contributed by atoms with van der Waals surface area (Å²) in [5.41, 5.74) is 4.30. The Morgan fingerprint density at radius 3 is 2.90 bits per heavy atom. The van der Waals surface area contributed by atoms with Crippen LogP contribution < -0.4 is 4.74 Å². The number of thiophene rings is 1. The molecule has 1 aliphatic rings. The largest absolute Gasteiger partial charge is 0.479 e. The molecule has 3 heterocycles. The van der Waals surface area contributed by atoms with Crippen LogP contribution in [0.25, 0.3) is 11.1 Å². The number of halogens is 1. The van der Waals surface area contributed by atoms with Crippen molar-refractivity contribution in [3.63, 3.8) is 0 Å². The van der Waals surface area contributed by atoms with E-state index < -0.39 is 0 Å². The fourth-order valence-corrected chi connectivity index (χ4v) is 5.25. The summed E-state index contributed by atoms with van der Waals surface area (Å²) in [4.78, 5) is 15.4. The number of hydrogen-bond donors (Lipinski definition) is 0. The van der Waals surface area contributed by atoms with Gasteiger partial charge in [-0.1, -0.05) is 42.4 Å². The second kappa shape index (κ2) is 8.05. The van der Waals surface area contributed by atoms with Crippen LogP contribution in [-0.2, 0) is 17.9 Å². The second-order valence-corrected chi connectivity index (χ2v) is 8.67. The van der Waals surface area contributed by atoms with Gasteiger partial charge in [0.15, 0.2) is 0 Å². The first kappa shape index (κ1) is 19.7. The number of rotatable bonds is 5. The predicted octanol–water partition coefficient (Wildman–Crippen LogP) is 4.95. The number of fused-ring (bicyclic) bond motifs is 1. The highest BCUT2D eigenvalue weighted by molar-refractivity contribution is 7.16.